The quantitative estimate of drug-likeness (QED) is 0.0606. The average Bonchev–Trinajstić information content (AvgIpc) is 3.20. The summed E-state index contributed by atoms with van der Waals surface area (Å²) in [6.07, 6.45) is 0.706. The van der Waals surface area contributed by atoms with E-state index >= 15 is 0 Å². The van der Waals surface area contributed by atoms with E-state index in [2.05, 4.69) is 68.4 Å². The zero-order valence-corrected chi connectivity index (χ0v) is 32.6. The van der Waals surface area contributed by atoms with Crippen molar-refractivity contribution in [2.24, 2.45) is 0 Å². The Kier molecular flexibility index (Phi) is 13.2. The van der Waals surface area contributed by atoms with Crippen molar-refractivity contribution in [2.45, 2.75) is 28.3 Å². The minimum absolute atomic E-state index is 0.138. The number of hydrogen-bond donors (Lipinski definition) is 2. The SMILES string of the molecule is CN(C)CCC(CSc1ccccc1)Nc1ccc(S(=O)(=O)NC(=O)c2ccc(N3CCN(C(c4ccccc4)c4ccccc4)CC3)cc2)cc1[N+](=O)[O-]. The Morgan fingerprint density at radius 2 is 1.40 bits per heavy atom. The number of carbonyl (C=O) groups is 1. The molecule has 2 N–H and O–H groups in total. The Morgan fingerprint density at radius 1 is 0.818 bits per heavy atom. The van der Waals surface area contributed by atoms with Crippen LogP contribution in [0.15, 0.2) is 143 Å². The Morgan fingerprint density at radius 3 is 1.96 bits per heavy atom. The van der Waals surface area contributed by atoms with Gasteiger partial charge in [-0.2, -0.15) is 0 Å². The molecule has 1 aliphatic heterocycles. The van der Waals surface area contributed by atoms with E-state index in [1.165, 1.54) is 23.3 Å². The molecule has 0 spiro atoms. The van der Waals surface area contributed by atoms with Crippen molar-refractivity contribution >= 4 is 44.8 Å². The topological polar surface area (TPSA) is 128 Å². The number of nitro benzene ring substituents is 1. The monoisotopic (exact) mass is 778 g/mol. The summed E-state index contributed by atoms with van der Waals surface area (Å²) >= 11 is 1.64. The smallest absolute Gasteiger partial charge is 0.293 e. The van der Waals surface area contributed by atoms with Crippen molar-refractivity contribution in [1.82, 2.24) is 14.5 Å². The van der Waals surface area contributed by atoms with Crippen molar-refractivity contribution in [1.29, 1.82) is 0 Å². The summed E-state index contributed by atoms with van der Waals surface area (Å²) in [5.41, 5.74) is 3.39. The zero-order chi connectivity index (χ0) is 38.8. The number of piperazine rings is 1. The molecule has 286 valence electrons. The lowest BCUT2D eigenvalue weighted by Gasteiger charge is -2.40. The molecule has 6 rings (SSSR count). The van der Waals surface area contributed by atoms with Crippen molar-refractivity contribution in [2.75, 3.05) is 62.8 Å². The van der Waals surface area contributed by atoms with Gasteiger partial charge in [0, 0.05) is 60.2 Å². The van der Waals surface area contributed by atoms with Gasteiger partial charge in [-0.3, -0.25) is 19.8 Å². The number of carbonyl (C=O) groups excluding carboxylic acids is 1. The van der Waals surface area contributed by atoms with Crippen molar-refractivity contribution < 1.29 is 18.1 Å². The molecule has 13 heteroatoms. The second kappa shape index (κ2) is 18.4. The van der Waals surface area contributed by atoms with Gasteiger partial charge in [-0.25, -0.2) is 13.1 Å². The van der Waals surface area contributed by atoms with Crippen LogP contribution in [0.4, 0.5) is 17.1 Å². The Hall–Kier alpha value is -5.21. The maximum atomic E-state index is 13.4. The fourth-order valence-corrected chi connectivity index (χ4v) is 8.67. The highest BCUT2D eigenvalue weighted by Crippen LogP contribution is 2.32. The predicted octanol–water partition coefficient (Wildman–Crippen LogP) is 7.15. The molecule has 1 saturated heterocycles. The van der Waals surface area contributed by atoms with E-state index in [0.29, 0.717) is 12.2 Å². The van der Waals surface area contributed by atoms with Crippen LogP contribution in [-0.2, 0) is 10.0 Å². The van der Waals surface area contributed by atoms with Crippen molar-refractivity contribution in [3.05, 3.63) is 160 Å². The third kappa shape index (κ3) is 10.5. The number of benzene rings is 5. The molecular formula is C42H46N6O5S2. The van der Waals surface area contributed by atoms with E-state index in [4.69, 9.17) is 0 Å². The maximum Gasteiger partial charge on any atom is 0.293 e. The van der Waals surface area contributed by atoms with Crippen LogP contribution in [0.25, 0.3) is 0 Å². The van der Waals surface area contributed by atoms with E-state index in [1.54, 1.807) is 23.9 Å². The fraction of sp³-hybridized carbons (Fsp3) is 0.262. The number of nitro groups is 1. The first kappa shape index (κ1) is 39.5. The number of anilines is 2. The van der Waals surface area contributed by atoms with Gasteiger partial charge >= 0.3 is 0 Å². The molecule has 0 radical (unpaired) electrons. The van der Waals surface area contributed by atoms with Crippen LogP contribution in [-0.4, -0.2) is 87.7 Å². The van der Waals surface area contributed by atoms with Gasteiger partial charge in [0.15, 0.2) is 0 Å². The first-order valence-corrected chi connectivity index (χ1v) is 20.7. The highest BCUT2D eigenvalue weighted by atomic mass is 32.2. The summed E-state index contributed by atoms with van der Waals surface area (Å²) in [6, 6.07) is 41.4. The molecule has 0 bridgehead atoms. The van der Waals surface area contributed by atoms with Gasteiger partial charge in [-0.15, -0.1) is 11.8 Å². The number of sulfonamides is 1. The van der Waals surface area contributed by atoms with E-state index in [0.717, 1.165) is 49.4 Å². The summed E-state index contributed by atoms with van der Waals surface area (Å²) in [6.45, 7) is 3.97. The van der Waals surface area contributed by atoms with E-state index in [9.17, 15) is 23.3 Å². The minimum atomic E-state index is -4.43. The van der Waals surface area contributed by atoms with Gasteiger partial charge < -0.3 is 15.1 Å². The summed E-state index contributed by atoms with van der Waals surface area (Å²) < 4.78 is 28.8. The van der Waals surface area contributed by atoms with E-state index in [-0.39, 0.29) is 28.2 Å². The summed E-state index contributed by atoms with van der Waals surface area (Å²) in [5.74, 6) is -0.181. The Labute approximate surface area is 327 Å². The van der Waals surface area contributed by atoms with Crippen LogP contribution in [0.1, 0.15) is 33.9 Å². The van der Waals surface area contributed by atoms with Crippen LogP contribution in [0.5, 0.6) is 0 Å². The lowest BCUT2D eigenvalue weighted by Crippen LogP contribution is -2.48. The number of thioether (sulfide) groups is 1. The molecule has 1 fully saturated rings. The third-order valence-corrected chi connectivity index (χ3v) is 12.1. The molecule has 1 unspecified atom stereocenters. The van der Waals surface area contributed by atoms with Crippen molar-refractivity contribution in [3.8, 4) is 0 Å². The number of nitrogens with one attached hydrogen (secondary N) is 2. The Balaban J connectivity index is 1.09. The van der Waals surface area contributed by atoms with E-state index in [1.807, 2.05) is 73.6 Å². The fourth-order valence-electron chi connectivity index (χ4n) is 6.68. The molecule has 0 saturated carbocycles. The van der Waals surface area contributed by atoms with Crippen LogP contribution >= 0.6 is 11.8 Å². The zero-order valence-electron chi connectivity index (χ0n) is 31.0. The van der Waals surface area contributed by atoms with Crippen LogP contribution in [0, 0.1) is 10.1 Å². The van der Waals surface area contributed by atoms with Gasteiger partial charge in [0.05, 0.1) is 15.9 Å². The first-order valence-electron chi connectivity index (χ1n) is 18.2. The standard InChI is InChI=1S/C42H46N6O5S2/c1-45(2)25-24-35(31-54-37-16-10-5-11-17-37)43-39-23-22-38(30-40(39)48(50)51)55(52,53)44-42(49)34-18-20-36(21-19-34)46-26-28-47(29-27-46)41(32-12-6-3-7-13-32)33-14-8-4-9-15-33/h3-23,30,35,41,43H,24-29,31H2,1-2H3,(H,44,49). The van der Waals surface area contributed by atoms with Crippen LogP contribution in [0.3, 0.4) is 0 Å². The first-order chi connectivity index (χ1) is 26.6. The molecule has 1 aliphatic rings. The molecule has 1 heterocycles. The molecule has 1 amide bonds. The molecule has 5 aromatic carbocycles. The van der Waals surface area contributed by atoms with Gasteiger partial charge in [-0.1, -0.05) is 78.9 Å². The average molecular weight is 779 g/mol. The third-order valence-electron chi connectivity index (χ3n) is 9.59. The number of hydrogen-bond acceptors (Lipinski definition) is 10. The van der Waals surface area contributed by atoms with Gasteiger partial charge in [0.1, 0.15) is 5.69 Å². The lowest BCUT2D eigenvalue weighted by molar-refractivity contribution is -0.384. The van der Waals surface area contributed by atoms with Gasteiger partial charge in [0.2, 0.25) is 0 Å². The predicted molar refractivity (Wildman–Crippen MR) is 220 cm³/mol. The molecule has 11 nitrogen and oxygen atoms in total. The largest absolute Gasteiger partial charge is 0.376 e. The molecule has 1 atom stereocenters. The minimum Gasteiger partial charge on any atom is -0.376 e. The number of amides is 1. The molecule has 55 heavy (non-hydrogen) atoms. The Bertz CT molecular complexity index is 2090. The molecule has 5 aromatic rings. The molecule has 0 aromatic heterocycles. The van der Waals surface area contributed by atoms with Crippen molar-refractivity contribution in [3.63, 3.8) is 0 Å². The molecular weight excluding hydrogens is 733 g/mol. The second-order valence-corrected chi connectivity index (χ2v) is 16.5. The normalized spacial score (nSPS) is 14.1. The highest BCUT2D eigenvalue weighted by molar-refractivity contribution is 7.99. The summed E-state index contributed by atoms with van der Waals surface area (Å²) in [7, 11) is -0.505. The second-order valence-electron chi connectivity index (χ2n) is 13.7. The lowest BCUT2D eigenvalue weighted by atomic mass is 9.96. The molecule has 0 aliphatic carbocycles. The van der Waals surface area contributed by atoms with Crippen LogP contribution < -0.4 is 14.9 Å². The van der Waals surface area contributed by atoms with Gasteiger partial charge in [0.25, 0.3) is 21.6 Å². The van der Waals surface area contributed by atoms with Crippen LogP contribution in [0.2, 0.25) is 0 Å². The van der Waals surface area contributed by atoms with Gasteiger partial charge in [-0.05, 0) is 86.7 Å². The number of nitrogens with zero attached hydrogens (tertiary/aromatic N) is 4. The highest BCUT2D eigenvalue weighted by Gasteiger charge is 2.28. The maximum absolute atomic E-state index is 13.4. The van der Waals surface area contributed by atoms with E-state index < -0.39 is 26.5 Å². The number of rotatable bonds is 16. The summed E-state index contributed by atoms with van der Waals surface area (Å²) in [5, 5.41) is 15.5. The summed E-state index contributed by atoms with van der Waals surface area (Å²) in [4.78, 5) is 32.2.